The van der Waals surface area contributed by atoms with Gasteiger partial charge < -0.3 is 10.1 Å². The summed E-state index contributed by atoms with van der Waals surface area (Å²) in [6, 6.07) is 12.5. The monoisotopic (exact) mass is 414 g/mol. The number of nitrogens with zero attached hydrogens (tertiary/aromatic N) is 1. The van der Waals surface area contributed by atoms with Crippen molar-refractivity contribution in [1.29, 1.82) is 0 Å². The van der Waals surface area contributed by atoms with Gasteiger partial charge in [-0.15, -0.1) is 0 Å². The number of imide groups is 1. The number of sulfone groups is 1. The average Bonchev–Trinajstić information content (AvgIpc) is 3.52. The number of benzene rings is 2. The van der Waals surface area contributed by atoms with Crippen LogP contribution in [0.2, 0.25) is 0 Å². The Labute approximate surface area is 169 Å². The van der Waals surface area contributed by atoms with Crippen molar-refractivity contribution < 1.29 is 22.7 Å². The Morgan fingerprint density at radius 2 is 1.76 bits per heavy atom. The van der Waals surface area contributed by atoms with E-state index >= 15 is 0 Å². The van der Waals surface area contributed by atoms with Crippen LogP contribution in [-0.4, -0.2) is 31.6 Å². The first-order valence-electron chi connectivity index (χ1n) is 9.52. The molecule has 2 aromatic rings. The molecule has 1 aliphatic heterocycles. The molecule has 7 nitrogen and oxygen atoms in total. The van der Waals surface area contributed by atoms with Gasteiger partial charge >= 0.3 is 6.03 Å². The van der Waals surface area contributed by atoms with Crippen molar-refractivity contribution in [2.75, 3.05) is 10.7 Å². The summed E-state index contributed by atoms with van der Waals surface area (Å²) in [6.45, 7) is 3.35. The highest BCUT2D eigenvalue weighted by atomic mass is 32.2. The van der Waals surface area contributed by atoms with Crippen LogP contribution in [0.15, 0.2) is 53.4 Å². The van der Waals surface area contributed by atoms with E-state index < -0.39 is 21.4 Å². The SMILES string of the molecule is CCS(=O)(=O)c1ccccc1Oc1ccc(N2C(=O)NC(C)(C3CC3)C2=O)cc1. The van der Waals surface area contributed by atoms with Gasteiger partial charge in [-0.2, -0.15) is 0 Å². The molecule has 0 bridgehead atoms. The lowest BCUT2D eigenvalue weighted by molar-refractivity contribution is -0.122. The number of carbonyl (C=O) groups is 2. The van der Waals surface area contributed by atoms with E-state index in [0.29, 0.717) is 11.4 Å². The van der Waals surface area contributed by atoms with E-state index in [1.807, 2.05) is 0 Å². The van der Waals surface area contributed by atoms with Crippen molar-refractivity contribution in [2.24, 2.45) is 5.92 Å². The van der Waals surface area contributed by atoms with E-state index in [1.165, 1.54) is 6.07 Å². The first-order chi connectivity index (χ1) is 13.8. The summed E-state index contributed by atoms with van der Waals surface area (Å²) in [7, 11) is -3.43. The predicted octanol–water partition coefficient (Wildman–Crippen LogP) is 3.50. The van der Waals surface area contributed by atoms with Crippen LogP contribution in [-0.2, 0) is 14.6 Å². The summed E-state index contributed by atoms with van der Waals surface area (Å²) < 4.78 is 30.3. The predicted molar refractivity (Wildman–Crippen MR) is 108 cm³/mol. The van der Waals surface area contributed by atoms with Crippen LogP contribution in [0.5, 0.6) is 11.5 Å². The third kappa shape index (κ3) is 3.37. The summed E-state index contributed by atoms with van der Waals surface area (Å²) in [6.07, 6.45) is 1.87. The fourth-order valence-corrected chi connectivity index (χ4v) is 4.58. The number of amides is 3. The van der Waals surface area contributed by atoms with Crippen molar-refractivity contribution in [1.82, 2.24) is 5.32 Å². The van der Waals surface area contributed by atoms with Gasteiger partial charge in [-0.3, -0.25) is 4.79 Å². The minimum Gasteiger partial charge on any atom is -0.456 e. The second kappa shape index (κ2) is 6.88. The van der Waals surface area contributed by atoms with Crippen molar-refractivity contribution in [3.05, 3.63) is 48.5 Å². The van der Waals surface area contributed by atoms with E-state index in [-0.39, 0.29) is 28.2 Å². The molecule has 29 heavy (non-hydrogen) atoms. The number of carbonyl (C=O) groups excluding carboxylic acids is 2. The van der Waals surface area contributed by atoms with Gasteiger partial charge in [0.25, 0.3) is 5.91 Å². The molecule has 1 N–H and O–H groups in total. The van der Waals surface area contributed by atoms with Crippen LogP contribution in [0.4, 0.5) is 10.5 Å². The largest absolute Gasteiger partial charge is 0.456 e. The number of para-hydroxylation sites is 1. The standard InChI is InChI=1S/C21H22N2O5S/c1-3-29(26,27)18-7-5-4-6-17(18)28-16-12-10-15(11-13-16)23-19(24)21(2,14-8-9-14)22-20(23)25/h4-7,10-14H,3,8-9H2,1-2H3,(H,22,25). The number of rotatable bonds is 6. The molecule has 1 unspecified atom stereocenters. The smallest absolute Gasteiger partial charge is 0.329 e. The number of hydrogen-bond donors (Lipinski definition) is 1. The quantitative estimate of drug-likeness (QED) is 0.731. The zero-order valence-corrected chi connectivity index (χ0v) is 17.0. The lowest BCUT2D eigenvalue weighted by atomic mass is 9.96. The second-order valence-corrected chi connectivity index (χ2v) is 9.74. The third-order valence-corrected chi connectivity index (χ3v) is 7.27. The van der Waals surface area contributed by atoms with Crippen LogP contribution < -0.4 is 15.0 Å². The van der Waals surface area contributed by atoms with Crippen molar-refractivity contribution in [3.8, 4) is 11.5 Å². The molecule has 1 aliphatic carbocycles. The maximum absolute atomic E-state index is 12.8. The lowest BCUT2D eigenvalue weighted by Gasteiger charge is -2.21. The zero-order valence-electron chi connectivity index (χ0n) is 16.2. The Balaban J connectivity index is 1.57. The molecule has 1 saturated heterocycles. The molecule has 2 aromatic carbocycles. The van der Waals surface area contributed by atoms with Gasteiger partial charge in [0.15, 0.2) is 9.84 Å². The first kappa shape index (κ1) is 19.4. The molecule has 1 saturated carbocycles. The van der Waals surface area contributed by atoms with Crippen molar-refractivity contribution >= 4 is 27.5 Å². The van der Waals surface area contributed by atoms with Gasteiger partial charge in [-0.1, -0.05) is 19.1 Å². The summed E-state index contributed by atoms with van der Waals surface area (Å²) in [4.78, 5) is 26.5. The second-order valence-electron chi connectivity index (χ2n) is 7.49. The van der Waals surface area contributed by atoms with E-state index in [2.05, 4.69) is 5.32 Å². The maximum atomic E-state index is 12.8. The van der Waals surface area contributed by atoms with Gasteiger partial charge in [-0.05, 0) is 62.1 Å². The summed E-state index contributed by atoms with van der Waals surface area (Å²) in [5.74, 6) is 0.544. The molecule has 8 heteroatoms. The van der Waals surface area contributed by atoms with Gasteiger partial charge in [-0.25, -0.2) is 18.1 Å². The van der Waals surface area contributed by atoms with Crippen LogP contribution >= 0.6 is 0 Å². The number of ether oxygens (including phenoxy) is 1. The molecule has 2 aliphatic rings. The molecule has 4 rings (SSSR count). The molecular weight excluding hydrogens is 392 g/mol. The van der Waals surface area contributed by atoms with Gasteiger partial charge in [0.2, 0.25) is 0 Å². The van der Waals surface area contributed by atoms with Crippen LogP contribution in [0.3, 0.4) is 0 Å². The van der Waals surface area contributed by atoms with Crippen molar-refractivity contribution in [3.63, 3.8) is 0 Å². The maximum Gasteiger partial charge on any atom is 0.329 e. The first-order valence-corrected chi connectivity index (χ1v) is 11.2. The van der Waals surface area contributed by atoms with Crippen molar-refractivity contribution in [2.45, 2.75) is 37.1 Å². The van der Waals surface area contributed by atoms with Crippen LogP contribution in [0.1, 0.15) is 26.7 Å². The molecule has 3 amide bonds. The Hall–Kier alpha value is -2.87. The average molecular weight is 414 g/mol. The Kier molecular flexibility index (Phi) is 4.61. The third-order valence-electron chi connectivity index (χ3n) is 5.50. The summed E-state index contributed by atoms with van der Waals surface area (Å²) in [5, 5.41) is 2.82. The molecule has 0 aromatic heterocycles. The molecule has 2 fully saturated rings. The molecule has 0 radical (unpaired) electrons. The minimum atomic E-state index is -3.43. The minimum absolute atomic E-state index is 0.0295. The summed E-state index contributed by atoms with van der Waals surface area (Å²) >= 11 is 0. The normalized spacial score (nSPS) is 21.9. The van der Waals surface area contributed by atoms with E-state index in [9.17, 15) is 18.0 Å². The lowest BCUT2D eigenvalue weighted by Crippen LogP contribution is -2.46. The van der Waals surface area contributed by atoms with E-state index in [1.54, 1.807) is 56.3 Å². The number of urea groups is 1. The van der Waals surface area contributed by atoms with E-state index in [4.69, 9.17) is 4.74 Å². The highest BCUT2D eigenvalue weighted by molar-refractivity contribution is 7.91. The van der Waals surface area contributed by atoms with E-state index in [0.717, 1.165) is 17.7 Å². The molecule has 1 atom stereocenters. The van der Waals surface area contributed by atoms with Crippen LogP contribution in [0, 0.1) is 5.92 Å². The molecule has 0 spiro atoms. The van der Waals surface area contributed by atoms with Crippen LogP contribution in [0.25, 0.3) is 0 Å². The number of nitrogens with one attached hydrogen (secondary N) is 1. The fourth-order valence-electron chi connectivity index (χ4n) is 3.57. The summed E-state index contributed by atoms with van der Waals surface area (Å²) in [5.41, 5.74) is -0.404. The van der Waals surface area contributed by atoms with Gasteiger partial charge in [0.1, 0.15) is 21.9 Å². The van der Waals surface area contributed by atoms with Gasteiger partial charge in [0.05, 0.1) is 11.4 Å². The fraction of sp³-hybridized carbons (Fsp3) is 0.333. The van der Waals surface area contributed by atoms with Gasteiger partial charge in [0, 0.05) is 0 Å². The zero-order chi connectivity index (χ0) is 20.8. The Bertz CT molecular complexity index is 1080. The highest BCUT2D eigenvalue weighted by Crippen LogP contribution is 2.43. The Morgan fingerprint density at radius 1 is 1.10 bits per heavy atom. The molecular formula is C21H22N2O5S. The highest BCUT2D eigenvalue weighted by Gasteiger charge is 2.56. The number of hydrogen-bond acceptors (Lipinski definition) is 5. The topological polar surface area (TPSA) is 92.8 Å². The molecule has 152 valence electrons. The number of anilines is 1. The molecule has 1 heterocycles. The Morgan fingerprint density at radius 3 is 2.38 bits per heavy atom.